The molecule has 4 aromatic rings. The zero-order valence-electron chi connectivity index (χ0n) is 16.3. The van der Waals surface area contributed by atoms with E-state index in [2.05, 4.69) is 90.6 Å². The van der Waals surface area contributed by atoms with Crippen LogP contribution in [0.25, 0.3) is 10.9 Å². The number of nitrogens with zero attached hydrogens (tertiary/aromatic N) is 1. The van der Waals surface area contributed by atoms with Crippen molar-refractivity contribution >= 4 is 28.2 Å². The Labute approximate surface area is 171 Å². The first kappa shape index (κ1) is 18.6. The van der Waals surface area contributed by atoms with Gasteiger partial charge in [0.1, 0.15) is 0 Å². The molecule has 0 radical (unpaired) electrons. The molecule has 142 valence electrons. The predicted octanol–water partition coefficient (Wildman–Crippen LogP) is 6.85. The van der Waals surface area contributed by atoms with Gasteiger partial charge in [0.2, 0.25) is 0 Å². The molecule has 1 heterocycles. The molecule has 2 nitrogen and oxygen atoms in total. The zero-order chi connectivity index (χ0) is 19.5. The minimum Gasteiger partial charge on any atom is -0.372 e. The molecule has 3 heteroatoms. The van der Waals surface area contributed by atoms with Crippen LogP contribution in [-0.4, -0.2) is 18.1 Å². The second-order valence-electron chi connectivity index (χ2n) is 7.04. The van der Waals surface area contributed by atoms with Crippen LogP contribution in [0.5, 0.6) is 0 Å². The SMILES string of the molecule is CCN(CC)c1ccc(C(c2ccc(Cl)cc2)c2c[nH]c3ccccc23)cc1. The van der Waals surface area contributed by atoms with E-state index in [-0.39, 0.29) is 5.92 Å². The fraction of sp³-hybridized carbons (Fsp3) is 0.200. The number of anilines is 1. The number of aromatic nitrogens is 1. The van der Waals surface area contributed by atoms with E-state index in [1.165, 1.54) is 27.8 Å². The maximum Gasteiger partial charge on any atom is 0.0457 e. The van der Waals surface area contributed by atoms with Crippen LogP contribution < -0.4 is 4.90 Å². The van der Waals surface area contributed by atoms with E-state index in [9.17, 15) is 0 Å². The molecular weight excluding hydrogens is 364 g/mol. The number of fused-ring (bicyclic) bond motifs is 1. The monoisotopic (exact) mass is 388 g/mol. The number of aromatic amines is 1. The molecule has 1 aromatic heterocycles. The number of benzene rings is 3. The topological polar surface area (TPSA) is 19.0 Å². The summed E-state index contributed by atoms with van der Waals surface area (Å²) in [5, 5.41) is 2.02. The van der Waals surface area contributed by atoms with Crippen LogP contribution in [0.15, 0.2) is 79.0 Å². The summed E-state index contributed by atoms with van der Waals surface area (Å²) >= 11 is 6.16. The van der Waals surface area contributed by atoms with Gasteiger partial charge in [0.25, 0.3) is 0 Å². The van der Waals surface area contributed by atoms with Crippen LogP contribution in [0.3, 0.4) is 0 Å². The third kappa shape index (κ3) is 3.53. The van der Waals surface area contributed by atoms with Gasteiger partial charge >= 0.3 is 0 Å². The van der Waals surface area contributed by atoms with Gasteiger partial charge in [-0.3, -0.25) is 0 Å². The fourth-order valence-electron chi connectivity index (χ4n) is 4.01. The number of nitrogens with one attached hydrogen (secondary N) is 1. The van der Waals surface area contributed by atoms with E-state index in [1.807, 2.05) is 12.1 Å². The van der Waals surface area contributed by atoms with Gasteiger partial charge in [-0.25, -0.2) is 0 Å². The maximum absolute atomic E-state index is 6.16. The lowest BCUT2D eigenvalue weighted by atomic mass is 9.85. The van der Waals surface area contributed by atoms with Crippen molar-refractivity contribution in [1.82, 2.24) is 4.98 Å². The molecular formula is C25H25ClN2. The minimum atomic E-state index is 0.152. The van der Waals surface area contributed by atoms with E-state index >= 15 is 0 Å². The number of para-hydroxylation sites is 1. The van der Waals surface area contributed by atoms with Crippen molar-refractivity contribution in [1.29, 1.82) is 0 Å². The van der Waals surface area contributed by atoms with Gasteiger partial charge in [-0.05, 0) is 60.9 Å². The molecule has 1 N–H and O–H groups in total. The van der Waals surface area contributed by atoms with Crippen LogP contribution in [0.4, 0.5) is 5.69 Å². The number of H-pyrrole nitrogens is 1. The Hall–Kier alpha value is -2.71. The van der Waals surface area contributed by atoms with Gasteiger partial charge < -0.3 is 9.88 Å². The number of hydrogen-bond donors (Lipinski definition) is 1. The van der Waals surface area contributed by atoms with Gasteiger partial charge in [0.15, 0.2) is 0 Å². The van der Waals surface area contributed by atoms with Crippen LogP contribution >= 0.6 is 11.6 Å². The van der Waals surface area contributed by atoms with Crippen molar-refractivity contribution in [2.24, 2.45) is 0 Å². The third-order valence-corrected chi connectivity index (χ3v) is 5.74. The van der Waals surface area contributed by atoms with Gasteiger partial charge in [0, 0.05) is 46.8 Å². The predicted molar refractivity (Wildman–Crippen MR) is 121 cm³/mol. The average Bonchev–Trinajstić information content (AvgIpc) is 3.16. The molecule has 0 saturated carbocycles. The molecule has 1 atom stereocenters. The second kappa shape index (κ2) is 8.12. The lowest BCUT2D eigenvalue weighted by Crippen LogP contribution is -2.21. The number of rotatable bonds is 6. The highest BCUT2D eigenvalue weighted by atomic mass is 35.5. The van der Waals surface area contributed by atoms with Crippen LogP contribution in [0, 0.1) is 0 Å². The van der Waals surface area contributed by atoms with Crippen molar-refractivity contribution in [2.45, 2.75) is 19.8 Å². The Morgan fingerprint density at radius 2 is 1.43 bits per heavy atom. The van der Waals surface area contributed by atoms with Crippen LogP contribution in [0.2, 0.25) is 5.02 Å². The van der Waals surface area contributed by atoms with E-state index in [0.717, 1.165) is 23.6 Å². The first-order chi connectivity index (χ1) is 13.7. The average molecular weight is 389 g/mol. The lowest BCUT2D eigenvalue weighted by molar-refractivity contribution is 0.864. The summed E-state index contributed by atoms with van der Waals surface area (Å²) in [6, 6.07) is 25.7. The Balaban J connectivity index is 1.83. The van der Waals surface area contributed by atoms with Crippen molar-refractivity contribution in [2.75, 3.05) is 18.0 Å². The Kier molecular flexibility index (Phi) is 5.40. The zero-order valence-corrected chi connectivity index (χ0v) is 17.1. The Morgan fingerprint density at radius 1 is 0.821 bits per heavy atom. The summed E-state index contributed by atoms with van der Waals surface area (Å²) in [5.41, 5.74) is 6.24. The summed E-state index contributed by atoms with van der Waals surface area (Å²) in [6.45, 7) is 6.41. The van der Waals surface area contributed by atoms with E-state index in [1.54, 1.807) is 0 Å². The Morgan fingerprint density at radius 3 is 2.07 bits per heavy atom. The minimum absolute atomic E-state index is 0.152. The van der Waals surface area contributed by atoms with E-state index in [0.29, 0.717) is 0 Å². The van der Waals surface area contributed by atoms with Gasteiger partial charge in [-0.2, -0.15) is 0 Å². The molecule has 0 aliphatic rings. The third-order valence-electron chi connectivity index (χ3n) is 5.49. The van der Waals surface area contributed by atoms with Crippen LogP contribution in [-0.2, 0) is 0 Å². The highest BCUT2D eigenvalue weighted by molar-refractivity contribution is 6.30. The van der Waals surface area contributed by atoms with Crippen molar-refractivity contribution in [3.05, 3.63) is 101 Å². The molecule has 28 heavy (non-hydrogen) atoms. The molecule has 0 amide bonds. The number of hydrogen-bond acceptors (Lipinski definition) is 1. The highest BCUT2D eigenvalue weighted by Crippen LogP contribution is 2.37. The first-order valence-electron chi connectivity index (χ1n) is 9.87. The highest BCUT2D eigenvalue weighted by Gasteiger charge is 2.20. The molecule has 0 saturated heterocycles. The van der Waals surface area contributed by atoms with Crippen molar-refractivity contribution < 1.29 is 0 Å². The summed E-state index contributed by atoms with van der Waals surface area (Å²) in [6.07, 6.45) is 2.14. The summed E-state index contributed by atoms with van der Waals surface area (Å²) < 4.78 is 0. The van der Waals surface area contributed by atoms with Crippen molar-refractivity contribution in [3.8, 4) is 0 Å². The van der Waals surface area contributed by atoms with Crippen molar-refractivity contribution in [3.63, 3.8) is 0 Å². The van der Waals surface area contributed by atoms with Gasteiger partial charge in [-0.1, -0.05) is 54.1 Å². The largest absolute Gasteiger partial charge is 0.372 e. The molecule has 0 fully saturated rings. The maximum atomic E-state index is 6.16. The van der Waals surface area contributed by atoms with Gasteiger partial charge in [-0.15, -0.1) is 0 Å². The molecule has 0 aliphatic heterocycles. The molecule has 0 bridgehead atoms. The number of halogens is 1. The quantitative estimate of drug-likeness (QED) is 0.382. The smallest absolute Gasteiger partial charge is 0.0457 e. The second-order valence-corrected chi connectivity index (χ2v) is 7.47. The molecule has 3 aromatic carbocycles. The van der Waals surface area contributed by atoms with Gasteiger partial charge in [0.05, 0.1) is 0 Å². The lowest BCUT2D eigenvalue weighted by Gasteiger charge is -2.23. The normalized spacial score (nSPS) is 12.2. The summed E-state index contributed by atoms with van der Waals surface area (Å²) in [5.74, 6) is 0.152. The summed E-state index contributed by atoms with van der Waals surface area (Å²) in [4.78, 5) is 5.80. The standard InChI is InChI=1S/C25H25ClN2/c1-3-28(4-2)21-15-11-19(12-16-21)25(18-9-13-20(26)14-10-18)23-17-27-24-8-6-5-7-22(23)24/h5-17,25,27H,3-4H2,1-2H3. The van der Waals surface area contributed by atoms with E-state index < -0.39 is 0 Å². The Bertz CT molecular complexity index is 1040. The molecule has 1 unspecified atom stereocenters. The van der Waals surface area contributed by atoms with E-state index in [4.69, 9.17) is 11.6 Å². The molecule has 4 rings (SSSR count). The molecule has 0 spiro atoms. The molecule has 0 aliphatic carbocycles. The first-order valence-corrected chi connectivity index (χ1v) is 10.3. The van der Waals surface area contributed by atoms with Crippen LogP contribution in [0.1, 0.15) is 36.5 Å². The summed E-state index contributed by atoms with van der Waals surface area (Å²) in [7, 11) is 0. The fourth-order valence-corrected chi connectivity index (χ4v) is 4.13.